The molecule has 0 N–H and O–H groups in total. The van der Waals surface area contributed by atoms with E-state index >= 15 is 0 Å². The zero-order valence-electron chi connectivity index (χ0n) is 9.30. The summed E-state index contributed by atoms with van der Waals surface area (Å²) >= 11 is 1.50. The molecule has 2 rings (SSSR count). The van der Waals surface area contributed by atoms with E-state index in [2.05, 4.69) is 15.5 Å². The fourth-order valence-electron chi connectivity index (χ4n) is 1.36. The molecule has 6 nitrogen and oxygen atoms in total. The van der Waals surface area contributed by atoms with Gasteiger partial charge in [0.2, 0.25) is 0 Å². The summed E-state index contributed by atoms with van der Waals surface area (Å²) in [6, 6.07) is 0. The quantitative estimate of drug-likeness (QED) is 0.807. The first-order chi connectivity index (χ1) is 7.77. The van der Waals surface area contributed by atoms with Crippen molar-refractivity contribution in [2.45, 2.75) is 6.92 Å². The molecule has 0 saturated carbocycles. The van der Waals surface area contributed by atoms with Crippen molar-refractivity contribution in [3.63, 3.8) is 0 Å². The Morgan fingerprint density at radius 2 is 2.31 bits per heavy atom. The average Bonchev–Trinajstić information content (AvgIpc) is 2.84. The number of hydrogen-bond acceptors (Lipinski definition) is 6. The molecule has 16 heavy (non-hydrogen) atoms. The Labute approximate surface area is 96.8 Å². The van der Waals surface area contributed by atoms with Gasteiger partial charge in [0.15, 0.2) is 17.3 Å². The van der Waals surface area contributed by atoms with Crippen LogP contribution in [0, 0.1) is 0 Å². The third kappa shape index (κ3) is 1.73. The molecule has 0 amide bonds. The van der Waals surface area contributed by atoms with Gasteiger partial charge in [-0.15, -0.1) is 16.4 Å². The van der Waals surface area contributed by atoms with E-state index in [-0.39, 0.29) is 0 Å². The van der Waals surface area contributed by atoms with E-state index in [1.807, 2.05) is 12.3 Å². The van der Waals surface area contributed by atoms with Crippen LogP contribution in [0.25, 0.3) is 10.7 Å². The molecule has 0 aliphatic rings. The molecule has 0 aliphatic heterocycles. The molecule has 7 heteroatoms. The van der Waals surface area contributed by atoms with Gasteiger partial charge in [0.25, 0.3) is 0 Å². The van der Waals surface area contributed by atoms with E-state index in [1.54, 1.807) is 18.8 Å². The molecule has 0 bridgehead atoms. The molecule has 0 fully saturated rings. The fraction of sp³-hybridized carbons (Fsp3) is 0.444. The molecule has 0 radical (unpaired) electrons. The molecule has 2 heterocycles. The maximum absolute atomic E-state index is 5.45. The summed E-state index contributed by atoms with van der Waals surface area (Å²) in [5.74, 6) is 2.09. The second-order valence-electron chi connectivity index (χ2n) is 3.02. The van der Waals surface area contributed by atoms with Crippen LogP contribution in [-0.2, 0) is 7.05 Å². The number of aromatic nitrogens is 4. The minimum atomic E-state index is 0.601. The molecule has 2 aromatic heterocycles. The van der Waals surface area contributed by atoms with Crippen LogP contribution >= 0.6 is 11.3 Å². The summed E-state index contributed by atoms with van der Waals surface area (Å²) in [6.07, 6.45) is 0. The maximum Gasteiger partial charge on any atom is 0.195 e. The van der Waals surface area contributed by atoms with Crippen molar-refractivity contribution in [2.75, 3.05) is 13.7 Å². The van der Waals surface area contributed by atoms with E-state index in [1.165, 1.54) is 11.3 Å². The highest BCUT2D eigenvalue weighted by Gasteiger charge is 2.19. The molecule has 0 saturated heterocycles. The molecule has 86 valence electrons. The number of aryl methyl sites for hydroxylation is 1. The smallest absolute Gasteiger partial charge is 0.195 e. The predicted molar refractivity (Wildman–Crippen MR) is 59.8 cm³/mol. The van der Waals surface area contributed by atoms with E-state index in [9.17, 15) is 0 Å². The normalized spacial score (nSPS) is 10.4. The summed E-state index contributed by atoms with van der Waals surface area (Å²) in [7, 11) is 3.40. The molecular formula is C9H12N4O2S. The highest BCUT2D eigenvalue weighted by Crippen LogP contribution is 2.42. The Balaban J connectivity index is 2.46. The van der Waals surface area contributed by atoms with Crippen LogP contribution < -0.4 is 9.47 Å². The van der Waals surface area contributed by atoms with Crippen molar-refractivity contribution in [1.29, 1.82) is 0 Å². The van der Waals surface area contributed by atoms with Gasteiger partial charge in [0.1, 0.15) is 4.88 Å². The summed E-state index contributed by atoms with van der Waals surface area (Å²) in [5.41, 5.74) is 0. The third-order valence-electron chi connectivity index (χ3n) is 2.04. The minimum Gasteiger partial charge on any atom is -0.491 e. The van der Waals surface area contributed by atoms with Crippen molar-refractivity contribution in [1.82, 2.24) is 20.2 Å². The highest BCUT2D eigenvalue weighted by molar-refractivity contribution is 7.14. The van der Waals surface area contributed by atoms with Crippen LogP contribution in [0.15, 0.2) is 5.38 Å². The number of rotatable bonds is 4. The molecule has 0 aromatic carbocycles. The lowest BCUT2D eigenvalue weighted by atomic mass is 10.4. The lowest BCUT2D eigenvalue weighted by Gasteiger charge is -2.05. The fourth-order valence-corrected chi connectivity index (χ4v) is 2.33. The summed E-state index contributed by atoms with van der Waals surface area (Å²) in [5, 5.41) is 13.2. The first-order valence-corrected chi connectivity index (χ1v) is 5.66. The first kappa shape index (κ1) is 10.9. The standard InChI is InChI=1S/C9H12N4O2S/c1-4-15-6-5-16-8(7(6)14-3)9-10-11-12-13(9)2/h5H,4H2,1-3H3. The number of tetrazole rings is 1. The van der Waals surface area contributed by atoms with Crippen molar-refractivity contribution in [3.05, 3.63) is 5.38 Å². The Kier molecular flexibility index (Phi) is 3.04. The Morgan fingerprint density at radius 1 is 1.50 bits per heavy atom. The number of thiophene rings is 1. The van der Waals surface area contributed by atoms with E-state index in [0.717, 1.165) is 10.6 Å². The van der Waals surface area contributed by atoms with Crippen LogP contribution in [0.3, 0.4) is 0 Å². The van der Waals surface area contributed by atoms with Gasteiger partial charge in [-0.3, -0.25) is 0 Å². The molecule has 2 aromatic rings. The number of methoxy groups -OCH3 is 1. The first-order valence-electron chi connectivity index (χ1n) is 4.79. The largest absolute Gasteiger partial charge is 0.491 e. The van der Waals surface area contributed by atoms with Crippen LogP contribution in [0.4, 0.5) is 0 Å². The molecule has 0 spiro atoms. The van der Waals surface area contributed by atoms with Crippen LogP contribution in [-0.4, -0.2) is 33.9 Å². The van der Waals surface area contributed by atoms with Gasteiger partial charge in [0.05, 0.1) is 13.7 Å². The van der Waals surface area contributed by atoms with Crippen molar-refractivity contribution in [2.24, 2.45) is 7.05 Å². The van der Waals surface area contributed by atoms with Gasteiger partial charge in [-0.25, -0.2) is 4.68 Å². The summed E-state index contributed by atoms with van der Waals surface area (Å²) in [4.78, 5) is 0.874. The Bertz CT molecular complexity index is 480. The van der Waals surface area contributed by atoms with Gasteiger partial charge < -0.3 is 9.47 Å². The van der Waals surface area contributed by atoms with Gasteiger partial charge >= 0.3 is 0 Å². The Hall–Kier alpha value is -1.63. The average molecular weight is 240 g/mol. The molecule has 0 atom stereocenters. The van der Waals surface area contributed by atoms with E-state index in [4.69, 9.17) is 9.47 Å². The van der Waals surface area contributed by atoms with Gasteiger partial charge in [-0.1, -0.05) is 0 Å². The second-order valence-corrected chi connectivity index (χ2v) is 3.90. The van der Waals surface area contributed by atoms with Gasteiger partial charge in [-0.05, 0) is 17.4 Å². The van der Waals surface area contributed by atoms with Crippen molar-refractivity contribution >= 4 is 11.3 Å². The van der Waals surface area contributed by atoms with E-state index in [0.29, 0.717) is 18.2 Å². The number of hydrogen-bond donors (Lipinski definition) is 0. The lowest BCUT2D eigenvalue weighted by Crippen LogP contribution is -1.96. The topological polar surface area (TPSA) is 62.1 Å². The second kappa shape index (κ2) is 4.48. The predicted octanol–water partition coefficient (Wildman–Crippen LogP) is 1.35. The lowest BCUT2D eigenvalue weighted by molar-refractivity contribution is 0.314. The Morgan fingerprint density at radius 3 is 2.88 bits per heavy atom. The van der Waals surface area contributed by atoms with Crippen molar-refractivity contribution in [3.8, 4) is 22.2 Å². The number of nitrogens with zero attached hydrogens (tertiary/aromatic N) is 4. The van der Waals surface area contributed by atoms with Crippen LogP contribution in [0.5, 0.6) is 11.5 Å². The van der Waals surface area contributed by atoms with E-state index < -0.39 is 0 Å². The zero-order chi connectivity index (χ0) is 11.5. The third-order valence-corrected chi connectivity index (χ3v) is 2.98. The SMILES string of the molecule is CCOc1csc(-c2nnnn2C)c1OC. The van der Waals surface area contributed by atoms with Gasteiger partial charge in [0, 0.05) is 12.4 Å². The molecule has 0 aliphatic carbocycles. The monoisotopic (exact) mass is 240 g/mol. The van der Waals surface area contributed by atoms with Crippen LogP contribution in [0.2, 0.25) is 0 Å². The summed E-state index contributed by atoms with van der Waals surface area (Å²) in [6.45, 7) is 2.53. The molecule has 0 unspecified atom stereocenters. The zero-order valence-corrected chi connectivity index (χ0v) is 10.1. The van der Waals surface area contributed by atoms with Crippen LogP contribution in [0.1, 0.15) is 6.92 Å². The number of ether oxygens (including phenoxy) is 2. The minimum absolute atomic E-state index is 0.601. The summed E-state index contributed by atoms with van der Waals surface area (Å²) < 4.78 is 12.4. The van der Waals surface area contributed by atoms with Gasteiger partial charge in [-0.2, -0.15) is 0 Å². The van der Waals surface area contributed by atoms with Crippen molar-refractivity contribution < 1.29 is 9.47 Å². The highest BCUT2D eigenvalue weighted by atomic mass is 32.1. The maximum atomic E-state index is 5.45. The molecular weight excluding hydrogens is 228 g/mol.